The number of pyridine rings is 1. The predicted molar refractivity (Wildman–Crippen MR) is 85.4 cm³/mol. The van der Waals surface area contributed by atoms with Gasteiger partial charge in [-0.15, -0.1) is 0 Å². The van der Waals surface area contributed by atoms with Crippen molar-refractivity contribution in [3.63, 3.8) is 0 Å². The lowest BCUT2D eigenvalue weighted by Crippen LogP contribution is -2.38. The molecule has 0 bridgehead atoms. The molecule has 0 aliphatic carbocycles. The van der Waals surface area contributed by atoms with Crippen LogP contribution in [0.3, 0.4) is 0 Å². The molecular formula is C16H19N5O3. The summed E-state index contributed by atoms with van der Waals surface area (Å²) < 4.78 is 6.68. The summed E-state index contributed by atoms with van der Waals surface area (Å²) in [6.45, 7) is 2.44. The van der Waals surface area contributed by atoms with Gasteiger partial charge in [-0.2, -0.15) is 5.10 Å². The first-order chi connectivity index (χ1) is 11.7. The maximum absolute atomic E-state index is 12.5. The third-order valence-electron chi connectivity index (χ3n) is 3.84. The normalized spacial score (nSPS) is 13.5. The molecule has 24 heavy (non-hydrogen) atoms. The van der Waals surface area contributed by atoms with E-state index < -0.39 is 0 Å². The van der Waals surface area contributed by atoms with E-state index in [1.807, 2.05) is 0 Å². The minimum atomic E-state index is -0.235. The van der Waals surface area contributed by atoms with Gasteiger partial charge < -0.3 is 15.0 Å². The number of carbonyl (C=O) groups excluding carboxylic acids is 2. The van der Waals surface area contributed by atoms with Crippen LogP contribution in [0.4, 0.5) is 0 Å². The molecule has 3 heterocycles. The first-order valence-electron chi connectivity index (χ1n) is 7.72. The fourth-order valence-corrected chi connectivity index (χ4v) is 2.58. The number of fused-ring (bicyclic) bond motifs is 1. The van der Waals surface area contributed by atoms with Crippen LogP contribution < -0.4 is 5.32 Å². The van der Waals surface area contributed by atoms with Crippen molar-refractivity contribution in [1.82, 2.24) is 25.0 Å². The summed E-state index contributed by atoms with van der Waals surface area (Å²) >= 11 is 0. The number of carbonyl (C=O) groups is 2. The van der Waals surface area contributed by atoms with Crippen LogP contribution in [0.2, 0.25) is 0 Å². The second-order valence-corrected chi connectivity index (χ2v) is 5.46. The molecule has 126 valence electrons. The first kappa shape index (κ1) is 16.1. The Hall–Kier alpha value is -2.74. The van der Waals surface area contributed by atoms with E-state index in [4.69, 9.17) is 4.74 Å². The lowest BCUT2D eigenvalue weighted by molar-refractivity contribution is 0.0705. The standard InChI is InChI=1S/C16H19N5O3/c1-24-9-6-18-15(22)14-10-13-11-20(7-8-21(13)19-14)16(23)12-2-4-17-5-3-12/h2-5,10H,6-9,11H2,1H3,(H,18,22). The fraction of sp³-hybridized carbons (Fsp3) is 0.375. The Labute approximate surface area is 139 Å². The molecule has 8 heteroatoms. The molecule has 0 fully saturated rings. The van der Waals surface area contributed by atoms with Crippen molar-refractivity contribution in [1.29, 1.82) is 0 Å². The van der Waals surface area contributed by atoms with Gasteiger partial charge in [0, 0.05) is 38.2 Å². The number of nitrogens with one attached hydrogen (secondary N) is 1. The largest absolute Gasteiger partial charge is 0.383 e. The molecule has 1 N–H and O–H groups in total. The second-order valence-electron chi connectivity index (χ2n) is 5.46. The minimum absolute atomic E-state index is 0.0454. The highest BCUT2D eigenvalue weighted by molar-refractivity contribution is 5.94. The monoisotopic (exact) mass is 329 g/mol. The number of hydrogen-bond acceptors (Lipinski definition) is 5. The summed E-state index contributed by atoms with van der Waals surface area (Å²) in [7, 11) is 1.58. The number of rotatable bonds is 5. The zero-order chi connectivity index (χ0) is 16.9. The van der Waals surface area contributed by atoms with E-state index in [1.165, 1.54) is 0 Å². The molecule has 1 aliphatic heterocycles. The van der Waals surface area contributed by atoms with Crippen molar-refractivity contribution < 1.29 is 14.3 Å². The van der Waals surface area contributed by atoms with E-state index in [0.717, 1.165) is 5.69 Å². The molecule has 0 aromatic carbocycles. The van der Waals surface area contributed by atoms with Gasteiger partial charge in [-0.1, -0.05) is 0 Å². The predicted octanol–water partition coefficient (Wildman–Crippen LogP) is 0.310. The van der Waals surface area contributed by atoms with E-state index >= 15 is 0 Å². The third-order valence-corrected chi connectivity index (χ3v) is 3.84. The summed E-state index contributed by atoms with van der Waals surface area (Å²) in [5, 5.41) is 7.05. The summed E-state index contributed by atoms with van der Waals surface area (Å²) in [5.74, 6) is -0.281. The Morgan fingerprint density at radius 2 is 2.08 bits per heavy atom. The minimum Gasteiger partial charge on any atom is -0.383 e. The Kier molecular flexibility index (Phi) is 4.85. The number of ether oxygens (including phenoxy) is 1. The molecule has 3 rings (SSSR count). The molecule has 0 saturated carbocycles. The third kappa shape index (κ3) is 3.43. The Bertz CT molecular complexity index is 729. The van der Waals surface area contributed by atoms with Crippen LogP contribution in [0, 0.1) is 0 Å². The van der Waals surface area contributed by atoms with Gasteiger partial charge in [-0.05, 0) is 18.2 Å². The highest BCUT2D eigenvalue weighted by atomic mass is 16.5. The lowest BCUT2D eigenvalue weighted by Gasteiger charge is -2.27. The highest BCUT2D eigenvalue weighted by Gasteiger charge is 2.24. The number of nitrogens with zero attached hydrogens (tertiary/aromatic N) is 4. The topological polar surface area (TPSA) is 89.4 Å². The van der Waals surface area contributed by atoms with Crippen LogP contribution in [-0.4, -0.2) is 58.3 Å². The molecule has 0 atom stereocenters. The molecule has 2 aromatic heterocycles. The molecule has 0 unspecified atom stereocenters. The summed E-state index contributed by atoms with van der Waals surface area (Å²) in [6.07, 6.45) is 3.20. The average Bonchev–Trinajstić information content (AvgIpc) is 3.05. The zero-order valence-corrected chi connectivity index (χ0v) is 13.4. The Balaban J connectivity index is 1.68. The molecule has 8 nitrogen and oxygen atoms in total. The van der Waals surface area contributed by atoms with Gasteiger partial charge in [-0.25, -0.2) is 0 Å². The van der Waals surface area contributed by atoms with E-state index in [0.29, 0.717) is 44.0 Å². The molecule has 2 amide bonds. The number of aromatic nitrogens is 3. The molecular weight excluding hydrogens is 310 g/mol. The van der Waals surface area contributed by atoms with Crippen molar-refractivity contribution in [2.75, 3.05) is 26.8 Å². The van der Waals surface area contributed by atoms with Crippen LogP contribution >= 0.6 is 0 Å². The van der Waals surface area contributed by atoms with Crippen molar-refractivity contribution in [2.24, 2.45) is 0 Å². The smallest absolute Gasteiger partial charge is 0.271 e. The van der Waals surface area contributed by atoms with Gasteiger partial charge in [-0.3, -0.25) is 19.3 Å². The van der Waals surface area contributed by atoms with Crippen molar-refractivity contribution in [3.8, 4) is 0 Å². The van der Waals surface area contributed by atoms with Crippen LogP contribution in [0.5, 0.6) is 0 Å². The fourth-order valence-electron chi connectivity index (χ4n) is 2.58. The summed E-state index contributed by atoms with van der Waals surface area (Å²) in [5.41, 5.74) is 1.82. The van der Waals surface area contributed by atoms with Crippen molar-refractivity contribution >= 4 is 11.8 Å². The van der Waals surface area contributed by atoms with Crippen LogP contribution in [0.25, 0.3) is 0 Å². The Morgan fingerprint density at radius 1 is 1.29 bits per heavy atom. The number of amides is 2. The van der Waals surface area contributed by atoms with Gasteiger partial charge in [0.1, 0.15) is 0 Å². The van der Waals surface area contributed by atoms with Gasteiger partial charge >= 0.3 is 0 Å². The van der Waals surface area contributed by atoms with Crippen molar-refractivity contribution in [2.45, 2.75) is 13.1 Å². The quantitative estimate of drug-likeness (QED) is 0.798. The maximum atomic E-state index is 12.5. The average molecular weight is 329 g/mol. The second kappa shape index (κ2) is 7.22. The van der Waals surface area contributed by atoms with Crippen LogP contribution in [-0.2, 0) is 17.8 Å². The molecule has 0 radical (unpaired) electrons. The number of methoxy groups -OCH3 is 1. The van der Waals surface area contributed by atoms with Crippen LogP contribution in [0.1, 0.15) is 26.5 Å². The SMILES string of the molecule is COCCNC(=O)c1cc2n(n1)CCN(C(=O)c1ccncc1)C2. The zero-order valence-electron chi connectivity index (χ0n) is 13.4. The van der Waals surface area contributed by atoms with Gasteiger partial charge in [0.2, 0.25) is 0 Å². The van der Waals surface area contributed by atoms with E-state index in [9.17, 15) is 9.59 Å². The van der Waals surface area contributed by atoms with E-state index in [-0.39, 0.29) is 11.8 Å². The van der Waals surface area contributed by atoms with E-state index in [1.54, 1.807) is 47.3 Å². The van der Waals surface area contributed by atoms with Gasteiger partial charge in [0.25, 0.3) is 11.8 Å². The maximum Gasteiger partial charge on any atom is 0.271 e. The van der Waals surface area contributed by atoms with Gasteiger partial charge in [0.15, 0.2) is 5.69 Å². The number of hydrogen-bond donors (Lipinski definition) is 1. The lowest BCUT2D eigenvalue weighted by atomic mass is 10.2. The highest BCUT2D eigenvalue weighted by Crippen LogP contribution is 2.16. The molecule has 2 aromatic rings. The van der Waals surface area contributed by atoms with Gasteiger partial charge in [0.05, 0.1) is 25.4 Å². The van der Waals surface area contributed by atoms with E-state index in [2.05, 4.69) is 15.4 Å². The van der Waals surface area contributed by atoms with Crippen LogP contribution in [0.15, 0.2) is 30.6 Å². The molecule has 0 saturated heterocycles. The molecule has 0 spiro atoms. The Morgan fingerprint density at radius 3 is 2.83 bits per heavy atom. The summed E-state index contributed by atoms with van der Waals surface area (Å²) in [6, 6.07) is 5.12. The first-order valence-corrected chi connectivity index (χ1v) is 7.72. The molecule has 1 aliphatic rings. The van der Waals surface area contributed by atoms with Crippen molar-refractivity contribution in [3.05, 3.63) is 47.5 Å². The summed E-state index contributed by atoms with van der Waals surface area (Å²) in [4.78, 5) is 30.2.